The molecule has 1 aromatic rings. The maximum atomic E-state index is 10.9. The largest absolute Gasteiger partial charge is 0.276 e. The fourth-order valence-electron chi connectivity index (χ4n) is 2.16. The van der Waals surface area contributed by atoms with Crippen LogP contribution in [0, 0.1) is 10.1 Å². The molecule has 1 aliphatic carbocycles. The van der Waals surface area contributed by atoms with E-state index in [1.165, 1.54) is 12.8 Å². The van der Waals surface area contributed by atoms with E-state index in [1.54, 1.807) is 12.1 Å². The first-order valence-electron chi connectivity index (χ1n) is 5.72. The summed E-state index contributed by atoms with van der Waals surface area (Å²) in [5.41, 5.74) is 2.18. The van der Waals surface area contributed by atoms with Gasteiger partial charge in [-0.2, -0.15) is 0 Å². The van der Waals surface area contributed by atoms with E-state index < -0.39 is 0 Å². The predicted octanol–water partition coefficient (Wildman–Crippen LogP) is 3.94. The van der Waals surface area contributed by atoms with Crippen LogP contribution in [-0.2, 0) is 0 Å². The number of allylic oxidation sites excluding steroid dienone is 2. The third-order valence-corrected chi connectivity index (χ3v) is 2.99. The molecule has 0 unspecified atom stereocenters. The first kappa shape index (κ1) is 10.9. The molecule has 0 atom stereocenters. The Morgan fingerprint density at radius 2 is 1.94 bits per heavy atom. The molecule has 0 bridgehead atoms. The van der Waals surface area contributed by atoms with Crippen molar-refractivity contribution in [1.29, 1.82) is 0 Å². The lowest BCUT2D eigenvalue weighted by Crippen LogP contribution is -1.94. The molecule has 16 heavy (non-hydrogen) atoms. The van der Waals surface area contributed by atoms with Gasteiger partial charge in [0, 0.05) is 6.07 Å². The molecule has 1 aliphatic rings. The zero-order valence-corrected chi connectivity index (χ0v) is 9.19. The van der Waals surface area contributed by atoms with Crippen molar-refractivity contribution in [3.05, 3.63) is 46.0 Å². The van der Waals surface area contributed by atoms with E-state index in [-0.39, 0.29) is 10.6 Å². The van der Waals surface area contributed by atoms with Crippen LogP contribution >= 0.6 is 0 Å². The van der Waals surface area contributed by atoms with Gasteiger partial charge in [-0.15, -0.1) is 0 Å². The Hall–Kier alpha value is -1.64. The van der Waals surface area contributed by atoms with Crippen molar-refractivity contribution < 1.29 is 4.92 Å². The van der Waals surface area contributed by atoms with Gasteiger partial charge in [-0.3, -0.25) is 10.1 Å². The van der Waals surface area contributed by atoms with Crippen molar-refractivity contribution in [2.45, 2.75) is 32.1 Å². The standard InChI is InChI=1S/C13H15NO2/c15-14(16)13-10-6-5-9-12(13)11-7-3-1-2-4-8-11/h5-7,9-10H,1-4,8H2. The van der Waals surface area contributed by atoms with Gasteiger partial charge in [0.25, 0.3) is 5.69 Å². The molecule has 2 rings (SSSR count). The Bertz CT molecular complexity index is 424. The number of nitro benzene ring substituents is 1. The zero-order valence-electron chi connectivity index (χ0n) is 9.19. The molecule has 0 aromatic heterocycles. The molecule has 0 fully saturated rings. The summed E-state index contributed by atoms with van der Waals surface area (Å²) in [7, 11) is 0. The van der Waals surface area contributed by atoms with E-state index in [4.69, 9.17) is 0 Å². The van der Waals surface area contributed by atoms with Crippen molar-refractivity contribution in [3.8, 4) is 0 Å². The number of hydrogen-bond donors (Lipinski definition) is 0. The average molecular weight is 217 g/mol. The van der Waals surface area contributed by atoms with Gasteiger partial charge in [0.05, 0.1) is 10.5 Å². The van der Waals surface area contributed by atoms with E-state index in [0.717, 1.165) is 30.4 Å². The van der Waals surface area contributed by atoms with E-state index >= 15 is 0 Å². The Morgan fingerprint density at radius 1 is 1.12 bits per heavy atom. The van der Waals surface area contributed by atoms with Crippen LogP contribution in [0.5, 0.6) is 0 Å². The van der Waals surface area contributed by atoms with Crippen LogP contribution in [0.15, 0.2) is 30.3 Å². The lowest BCUT2D eigenvalue weighted by molar-refractivity contribution is -0.385. The molecule has 0 heterocycles. The number of hydrogen-bond acceptors (Lipinski definition) is 2. The van der Waals surface area contributed by atoms with Gasteiger partial charge in [0.1, 0.15) is 0 Å². The van der Waals surface area contributed by atoms with Crippen molar-refractivity contribution in [1.82, 2.24) is 0 Å². The number of nitrogens with zero attached hydrogens (tertiary/aromatic N) is 1. The van der Waals surface area contributed by atoms with Crippen LogP contribution < -0.4 is 0 Å². The average Bonchev–Trinajstić information content (AvgIpc) is 2.57. The van der Waals surface area contributed by atoms with E-state index in [0.29, 0.717) is 0 Å². The molecule has 84 valence electrons. The third-order valence-electron chi connectivity index (χ3n) is 2.99. The lowest BCUT2D eigenvalue weighted by atomic mass is 10.00. The highest BCUT2D eigenvalue weighted by molar-refractivity contribution is 5.72. The molecule has 0 spiro atoms. The normalized spacial score (nSPS) is 16.4. The summed E-state index contributed by atoms with van der Waals surface area (Å²) in [6, 6.07) is 7.03. The highest BCUT2D eigenvalue weighted by Gasteiger charge is 2.16. The first-order chi connectivity index (χ1) is 7.79. The number of para-hydroxylation sites is 1. The lowest BCUT2D eigenvalue weighted by Gasteiger charge is -2.06. The minimum Gasteiger partial charge on any atom is -0.258 e. The maximum Gasteiger partial charge on any atom is 0.276 e. The summed E-state index contributed by atoms with van der Waals surface area (Å²) in [5.74, 6) is 0. The van der Waals surface area contributed by atoms with Gasteiger partial charge < -0.3 is 0 Å². The fraction of sp³-hybridized carbons (Fsp3) is 0.385. The summed E-state index contributed by atoms with van der Waals surface area (Å²) in [5, 5.41) is 10.9. The molecule has 3 nitrogen and oxygen atoms in total. The molecule has 0 radical (unpaired) electrons. The molecule has 0 amide bonds. The second-order valence-electron chi connectivity index (χ2n) is 4.10. The van der Waals surface area contributed by atoms with Crippen LogP contribution in [0.2, 0.25) is 0 Å². The van der Waals surface area contributed by atoms with E-state index in [9.17, 15) is 10.1 Å². The van der Waals surface area contributed by atoms with E-state index in [1.807, 2.05) is 12.1 Å². The topological polar surface area (TPSA) is 43.1 Å². The van der Waals surface area contributed by atoms with Crippen molar-refractivity contribution in [2.24, 2.45) is 0 Å². The van der Waals surface area contributed by atoms with Gasteiger partial charge in [-0.25, -0.2) is 0 Å². The van der Waals surface area contributed by atoms with Gasteiger partial charge in [-0.05, 0) is 37.3 Å². The highest BCUT2D eigenvalue weighted by Crippen LogP contribution is 2.31. The number of nitro groups is 1. The predicted molar refractivity (Wildman–Crippen MR) is 64.2 cm³/mol. The van der Waals surface area contributed by atoms with E-state index in [2.05, 4.69) is 6.08 Å². The molecule has 1 aromatic carbocycles. The first-order valence-corrected chi connectivity index (χ1v) is 5.72. The van der Waals surface area contributed by atoms with Gasteiger partial charge in [-0.1, -0.05) is 24.6 Å². The fourth-order valence-corrected chi connectivity index (χ4v) is 2.16. The number of rotatable bonds is 2. The maximum absolute atomic E-state index is 10.9. The van der Waals surface area contributed by atoms with Gasteiger partial charge in [0.2, 0.25) is 0 Å². The second-order valence-corrected chi connectivity index (χ2v) is 4.10. The molecule has 0 saturated heterocycles. The smallest absolute Gasteiger partial charge is 0.258 e. The van der Waals surface area contributed by atoms with Crippen LogP contribution in [0.25, 0.3) is 5.57 Å². The molecule has 0 aliphatic heterocycles. The minimum absolute atomic E-state index is 0.232. The molecular formula is C13H15NO2. The summed E-state index contributed by atoms with van der Waals surface area (Å²) in [6.45, 7) is 0. The van der Waals surface area contributed by atoms with Crippen molar-refractivity contribution >= 4 is 11.3 Å². The van der Waals surface area contributed by atoms with Crippen LogP contribution in [0.1, 0.15) is 37.7 Å². The SMILES string of the molecule is O=[N+]([O-])c1ccccc1C1=CCCCCC1. The summed E-state index contributed by atoms with van der Waals surface area (Å²) < 4.78 is 0. The number of benzene rings is 1. The quantitative estimate of drug-likeness (QED) is 0.556. The summed E-state index contributed by atoms with van der Waals surface area (Å²) in [6.07, 6.45) is 7.73. The van der Waals surface area contributed by atoms with Crippen LogP contribution in [0.4, 0.5) is 5.69 Å². The molecule has 0 saturated carbocycles. The van der Waals surface area contributed by atoms with Crippen LogP contribution in [0.3, 0.4) is 0 Å². The monoisotopic (exact) mass is 217 g/mol. The van der Waals surface area contributed by atoms with Gasteiger partial charge >= 0.3 is 0 Å². The molecule has 0 N–H and O–H groups in total. The summed E-state index contributed by atoms with van der Waals surface area (Å²) in [4.78, 5) is 10.6. The molecular weight excluding hydrogens is 202 g/mol. The summed E-state index contributed by atoms with van der Waals surface area (Å²) >= 11 is 0. The van der Waals surface area contributed by atoms with Crippen molar-refractivity contribution in [2.75, 3.05) is 0 Å². The minimum atomic E-state index is -0.291. The second kappa shape index (κ2) is 4.92. The Balaban J connectivity index is 2.38. The van der Waals surface area contributed by atoms with Crippen molar-refractivity contribution in [3.63, 3.8) is 0 Å². The third kappa shape index (κ3) is 2.30. The highest BCUT2D eigenvalue weighted by atomic mass is 16.6. The van der Waals surface area contributed by atoms with Crippen LogP contribution in [-0.4, -0.2) is 4.92 Å². The Morgan fingerprint density at radius 3 is 2.75 bits per heavy atom. The van der Waals surface area contributed by atoms with Gasteiger partial charge in [0.15, 0.2) is 0 Å². The zero-order chi connectivity index (χ0) is 11.4. The Labute approximate surface area is 94.9 Å². The Kier molecular flexibility index (Phi) is 3.34. The molecule has 3 heteroatoms.